The maximum absolute atomic E-state index is 13.0. The number of nitrogens with one attached hydrogen (secondary N) is 2. The smallest absolute Gasteiger partial charge is 0.353 e. The first-order valence-corrected chi connectivity index (χ1v) is 11.5. The van der Waals surface area contributed by atoms with Gasteiger partial charge in [-0.05, 0) is 43.0 Å². The first-order chi connectivity index (χ1) is 16.8. The van der Waals surface area contributed by atoms with Gasteiger partial charge in [0.05, 0.1) is 5.56 Å². The maximum Gasteiger partial charge on any atom is 0.389 e. The Bertz CT molecular complexity index is 1200. The lowest BCUT2D eigenvalue weighted by molar-refractivity contribution is -0.134. The van der Waals surface area contributed by atoms with Crippen LogP contribution in [0.5, 0.6) is 0 Å². The number of nitrogens with zero attached hydrogens (tertiary/aromatic N) is 4. The number of amides is 1. The van der Waals surface area contributed by atoms with Gasteiger partial charge >= 0.3 is 6.18 Å². The molecule has 3 aromatic rings. The minimum absolute atomic E-state index is 0.0983. The molecule has 0 unspecified atom stereocenters. The van der Waals surface area contributed by atoms with Gasteiger partial charge in [-0.1, -0.05) is 12.1 Å². The number of hydrogen-bond donors (Lipinski definition) is 2. The minimum atomic E-state index is -4.20. The van der Waals surface area contributed by atoms with Gasteiger partial charge in [0.25, 0.3) is 5.91 Å². The molecule has 10 heteroatoms. The van der Waals surface area contributed by atoms with Gasteiger partial charge < -0.3 is 15.5 Å². The molecule has 182 valence electrons. The fourth-order valence-electron chi connectivity index (χ4n) is 4.35. The average Bonchev–Trinajstić information content (AvgIpc) is 3.61. The van der Waals surface area contributed by atoms with E-state index in [9.17, 15) is 18.0 Å². The normalized spacial score (nSPS) is 16.8. The van der Waals surface area contributed by atoms with Crippen molar-refractivity contribution in [2.45, 2.75) is 37.4 Å². The van der Waals surface area contributed by atoms with E-state index in [0.717, 1.165) is 49.4 Å². The lowest BCUT2D eigenvalue weighted by Crippen LogP contribution is -2.53. The fraction of sp³-hybridized carbons (Fsp3) is 0.360. The van der Waals surface area contributed by atoms with E-state index in [1.54, 1.807) is 48.9 Å². The predicted molar refractivity (Wildman–Crippen MR) is 126 cm³/mol. The van der Waals surface area contributed by atoms with Crippen molar-refractivity contribution in [1.82, 2.24) is 20.3 Å². The Labute approximate surface area is 200 Å². The molecule has 2 fully saturated rings. The van der Waals surface area contributed by atoms with Gasteiger partial charge in [0.2, 0.25) is 0 Å². The molecule has 1 saturated carbocycles. The zero-order valence-electron chi connectivity index (χ0n) is 19.0. The zero-order chi connectivity index (χ0) is 24.5. The number of piperazine rings is 1. The number of hydrogen-bond acceptors (Lipinski definition) is 6. The number of carbonyl (C=O) groups excluding carboxylic acids is 1. The van der Waals surface area contributed by atoms with Gasteiger partial charge in [-0.15, -0.1) is 0 Å². The molecular weight excluding hydrogens is 457 g/mol. The number of benzene rings is 1. The summed E-state index contributed by atoms with van der Waals surface area (Å²) in [5.74, 6) is 0.433. The van der Waals surface area contributed by atoms with Crippen molar-refractivity contribution < 1.29 is 18.0 Å². The molecule has 2 aromatic heterocycles. The average molecular weight is 483 g/mol. The summed E-state index contributed by atoms with van der Waals surface area (Å²) in [6.45, 7) is 2.53. The van der Waals surface area contributed by atoms with E-state index in [-0.39, 0.29) is 17.9 Å². The van der Waals surface area contributed by atoms with Gasteiger partial charge in [-0.25, -0.2) is 15.0 Å². The largest absolute Gasteiger partial charge is 0.389 e. The minimum Gasteiger partial charge on any atom is -0.353 e. The van der Waals surface area contributed by atoms with E-state index in [2.05, 4.69) is 30.5 Å². The second kappa shape index (κ2) is 9.26. The summed E-state index contributed by atoms with van der Waals surface area (Å²) in [5, 5.41) is 6.39. The summed E-state index contributed by atoms with van der Waals surface area (Å²) in [6.07, 6.45) is 3.51. The highest BCUT2D eigenvalue weighted by molar-refractivity contribution is 6.05. The molecule has 0 radical (unpaired) electrons. The third-order valence-electron chi connectivity index (χ3n) is 6.44. The van der Waals surface area contributed by atoms with E-state index in [4.69, 9.17) is 0 Å². The Hall–Kier alpha value is -3.53. The van der Waals surface area contributed by atoms with Crippen LogP contribution < -0.4 is 15.5 Å². The zero-order valence-corrected chi connectivity index (χ0v) is 19.0. The fourth-order valence-corrected chi connectivity index (χ4v) is 4.35. The van der Waals surface area contributed by atoms with Gasteiger partial charge in [-0.3, -0.25) is 4.79 Å². The number of aryl methyl sites for hydroxylation is 1. The van der Waals surface area contributed by atoms with E-state index in [1.807, 2.05) is 0 Å². The third kappa shape index (κ3) is 5.59. The lowest BCUT2D eigenvalue weighted by atomic mass is 10.1. The summed E-state index contributed by atoms with van der Waals surface area (Å²) in [6, 6.07) is 8.18. The first-order valence-electron chi connectivity index (χ1n) is 11.5. The molecular formula is C25H25F3N6O. The van der Waals surface area contributed by atoms with Crippen LogP contribution in [-0.2, 0) is 6.42 Å². The van der Waals surface area contributed by atoms with Crippen LogP contribution in [0.4, 0.5) is 24.7 Å². The number of aromatic nitrogens is 3. The molecule has 3 heterocycles. The second-order valence-corrected chi connectivity index (χ2v) is 9.12. The summed E-state index contributed by atoms with van der Waals surface area (Å²) in [4.78, 5) is 28.2. The van der Waals surface area contributed by atoms with E-state index in [0.29, 0.717) is 16.8 Å². The molecule has 1 saturated heterocycles. The van der Waals surface area contributed by atoms with Crippen molar-refractivity contribution >= 4 is 17.4 Å². The van der Waals surface area contributed by atoms with Crippen molar-refractivity contribution in [3.05, 3.63) is 66.4 Å². The first kappa shape index (κ1) is 23.2. The van der Waals surface area contributed by atoms with Crippen molar-refractivity contribution in [2.24, 2.45) is 0 Å². The summed E-state index contributed by atoms with van der Waals surface area (Å²) >= 11 is 0. The Morgan fingerprint density at radius 3 is 2.54 bits per heavy atom. The molecule has 1 aliphatic heterocycles. The molecule has 1 amide bonds. The SMILES string of the molecule is O=C(Nc1ccc(CCC(F)(F)F)cc1)c1cnc(N2CCNC3(CC3)C2)c(-c2cncnc2)c1. The van der Waals surface area contributed by atoms with E-state index in [1.165, 1.54) is 6.33 Å². The highest BCUT2D eigenvalue weighted by Gasteiger charge is 2.46. The molecule has 0 atom stereocenters. The Morgan fingerprint density at radius 1 is 1.11 bits per heavy atom. The predicted octanol–water partition coefficient (Wildman–Crippen LogP) is 4.23. The summed E-state index contributed by atoms with van der Waals surface area (Å²) in [5.41, 5.74) is 3.12. The highest BCUT2D eigenvalue weighted by Crippen LogP contribution is 2.40. The van der Waals surface area contributed by atoms with Gasteiger partial charge in [0, 0.05) is 67.0 Å². The number of rotatable bonds is 6. The molecule has 1 aliphatic carbocycles. The van der Waals surface area contributed by atoms with Crippen molar-refractivity contribution in [1.29, 1.82) is 0 Å². The molecule has 1 aromatic carbocycles. The van der Waals surface area contributed by atoms with Crippen LogP contribution >= 0.6 is 0 Å². The quantitative estimate of drug-likeness (QED) is 0.547. The third-order valence-corrected chi connectivity index (χ3v) is 6.44. The Balaban J connectivity index is 1.35. The number of halogens is 3. The van der Waals surface area contributed by atoms with Crippen LogP contribution in [0, 0.1) is 0 Å². The van der Waals surface area contributed by atoms with Crippen molar-refractivity contribution in [3.63, 3.8) is 0 Å². The van der Waals surface area contributed by atoms with Crippen LogP contribution in [0.15, 0.2) is 55.2 Å². The maximum atomic E-state index is 13.0. The monoisotopic (exact) mass is 482 g/mol. The number of pyridine rings is 1. The van der Waals surface area contributed by atoms with Gasteiger partial charge in [0.15, 0.2) is 0 Å². The van der Waals surface area contributed by atoms with Gasteiger partial charge in [-0.2, -0.15) is 13.2 Å². The lowest BCUT2D eigenvalue weighted by Gasteiger charge is -2.35. The number of carbonyl (C=O) groups is 1. The molecule has 1 spiro atoms. The Morgan fingerprint density at radius 2 is 1.86 bits per heavy atom. The van der Waals surface area contributed by atoms with Crippen molar-refractivity contribution in [2.75, 3.05) is 29.9 Å². The molecule has 2 aliphatic rings. The molecule has 0 bridgehead atoms. The highest BCUT2D eigenvalue weighted by atomic mass is 19.4. The molecule has 7 nitrogen and oxygen atoms in total. The van der Waals surface area contributed by atoms with Crippen LogP contribution in [0.1, 0.15) is 35.2 Å². The summed E-state index contributed by atoms with van der Waals surface area (Å²) in [7, 11) is 0. The van der Waals surface area contributed by atoms with Crippen LogP contribution in [0.3, 0.4) is 0 Å². The number of anilines is 2. The van der Waals surface area contributed by atoms with Crippen molar-refractivity contribution in [3.8, 4) is 11.1 Å². The van der Waals surface area contributed by atoms with Crippen LogP contribution in [0.25, 0.3) is 11.1 Å². The van der Waals surface area contributed by atoms with Crippen LogP contribution in [0.2, 0.25) is 0 Å². The van der Waals surface area contributed by atoms with Gasteiger partial charge in [0.1, 0.15) is 12.1 Å². The second-order valence-electron chi connectivity index (χ2n) is 9.12. The van der Waals surface area contributed by atoms with E-state index >= 15 is 0 Å². The molecule has 35 heavy (non-hydrogen) atoms. The topological polar surface area (TPSA) is 83.0 Å². The standard InChI is InChI=1S/C25H25F3N6O/c26-25(27,28)6-5-17-1-3-20(4-2-17)33-23(35)18-11-21(19-12-29-16-30-13-19)22(31-14-18)34-10-9-32-24(15-34)7-8-24/h1-4,11-14,16,32H,5-10,15H2,(H,33,35). The molecule has 5 rings (SSSR count). The Kier molecular flexibility index (Phi) is 6.14. The number of alkyl halides is 3. The molecule has 2 N–H and O–H groups in total. The summed E-state index contributed by atoms with van der Waals surface area (Å²) < 4.78 is 37.3. The van der Waals surface area contributed by atoms with Crippen LogP contribution in [-0.4, -0.2) is 52.2 Å². The van der Waals surface area contributed by atoms with E-state index < -0.39 is 12.6 Å².